The van der Waals surface area contributed by atoms with Crippen LogP contribution in [0.3, 0.4) is 0 Å². The minimum Gasteiger partial charge on any atom is -0.469 e. The zero-order chi connectivity index (χ0) is 22.3. The molecule has 2 aromatic rings. The number of hydrogen-bond acceptors (Lipinski definition) is 5. The van der Waals surface area contributed by atoms with Crippen LogP contribution in [0.15, 0.2) is 54.6 Å². The second-order valence-electron chi connectivity index (χ2n) is 8.48. The van der Waals surface area contributed by atoms with Gasteiger partial charge in [-0.1, -0.05) is 63.2 Å². The molecule has 0 spiro atoms. The third-order valence-electron chi connectivity index (χ3n) is 5.00. The molecule has 0 amide bonds. The van der Waals surface area contributed by atoms with Crippen LogP contribution in [0.4, 0.5) is 0 Å². The fourth-order valence-electron chi connectivity index (χ4n) is 3.50. The maximum absolute atomic E-state index is 13.3. The van der Waals surface area contributed by atoms with Crippen LogP contribution in [0.5, 0.6) is 5.75 Å². The minimum absolute atomic E-state index is 0.0262. The molecule has 0 aliphatic carbocycles. The van der Waals surface area contributed by atoms with E-state index in [0.29, 0.717) is 18.6 Å². The fraction of sp³-hybridized carbons (Fsp3) is 0.400. The number of ether oxygens (including phenoxy) is 2. The molecule has 5 nitrogen and oxygen atoms in total. The zero-order valence-corrected chi connectivity index (χ0v) is 18.3. The van der Waals surface area contributed by atoms with Gasteiger partial charge in [-0.2, -0.15) is 0 Å². The van der Waals surface area contributed by atoms with Crippen molar-refractivity contribution >= 4 is 17.7 Å². The summed E-state index contributed by atoms with van der Waals surface area (Å²) in [7, 11) is 1.35. The molecule has 0 aromatic heterocycles. The number of carbonyl (C=O) groups is 3. The van der Waals surface area contributed by atoms with E-state index < -0.39 is 29.2 Å². The molecule has 2 aromatic carbocycles. The summed E-state index contributed by atoms with van der Waals surface area (Å²) in [5.74, 6) is -1.48. The highest BCUT2D eigenvalue weighted by atomic mass is 16.5. The highest BCUT2D eigenvalue weighted by Gasteiger charge is 2.39. The summed E-state index contributed by atoms with van der Waals surface area (Å²) < 4.78 is 10.1. The Hall–Kier alpha value is -2.95. The number of Topliss-reactive ketones (excluding diaryl/α,β-unsaturated/α-hetero) is 1. The van der Waals surface area contributed by atoms with Crippen molar-refractivity contribution in [2.75, 3.05) is 7.11 Å². The van der Waals surface area contributed by atoms with E-state index in [4.69, 9.17) is 9.47 Å². The molecule has 5 heteroatoms. The number of benzene rings is 2. The summed E-state index contributed by atoms with van der Waals surface area (Å²) in [6, 6.07) is 16.7. The Morgan fingerprint density at radius 1 is 0.833 bits per heavy atom. The van der Waals surface area contributed by atoms with Crippen LogP contribution in [0.1, 0.15) is 38.8 Å². The van der Waals surface area contributed by atoms with Crippen molar-refractivity contribution in [3.63, 3.8) is 0 Å². The average Bonchev–Trinajstić information content (AvgIpc) is 2.70. The highest BCUT2D eigenvalue weighted by molar-refractivity contribution is 5.90. The van der Waals surface area contributed by atoms with Crippen molar-refractivity contribution in [1.29, 1.82) is 0 Å². The summed E-state index contributed by atoms with van der Waals surface area (Å²) in [5, 5.41) is 0. The van der Waals surface area contributed by atoms with E-state index in [1.807, 2.05) is 51.1 Å². The number of rotatable bonds is 8. The first-order chi connectivity index (χ1) is 14.1. The second-order valence-corrected chi connectivity index (χ2v) is 8.48. The smallest absolute Gasteiger partial charge is 0.309 e. The van der Waals surface area contributed by atoms with Gasteiger partial charge in [0.05, 0.1) is 13.0 Å². The Bertz CT molecular complexity index is 863. The standard InChI is InChI=1S/C25H30O5/c1-17(26)30-20-13-11-19(12-14-20)16-22(24(28)29-5)21(23(27)25(2,3)4)15-18-9-7-6-8-10-18/h6-14,21-22H,15-16H2,1-5H3/t21?,22-/m1/s1. The Morgan fingerprint density at radius 2 is 1.37 bits per heavy atom. The predicted octanol–water partition coefficient (Wildman–Crippen LogP) is 4.42. The third-order valence-corrected chi connectivity index (χ3v) is 5.00. The normalized spacial score (nSPS) is 13.2. The topological polar surface area (TPSA) is 69.7 Å². The van der Waals surface area contributed by atoms with E-state index in [2.05, 4.69) is 0 Å². The number of hydrogen-bond donors (Lipinski definition) is 0. The van der Waals surface area contributed by atoms with Crippen LogP contribution < -0.4 is 4.74 Å². The molecular weight excluding hydrogens is 380 g/mol. The van der Waals surface area contributed by atoms with Crippen molar-refractivity contribution in [3.05, 3.63) is 65.7 Å². The monoisotopic (exact) mass is 410 g/mol. The van der Waals surface area contributed by atoms with Gasteiger partial charge in [-0.25, -0.2) is 0 Å². The Kier molecular flexibility index (Phi) is 7.93. The molecule has 0 saturated heterocycles. The first-order valence-electron chi connectivity index (χ1n) is 10.0. The lowest BCUT2D eigenvalue weighted by Crippen LogP contribution is -2.39. The first-order valence-corrected chi connectivity index (χ1v) is 10.0. The number of ketones is 1. The highest BCUT2D eigenvalue weighted by Crippen LogP contribution is 2.31. The Morgan fingerprint density at radius 3 is 1.87 bits per heavy atom. The first kappa shape index (κ1) is 23.3. The molecule has 0 aliphatic heterocycles. The second kappa shape index (κ2) is 10.2. The van der Waals surface area contributed by atoms with E-state index in [0.717, 1.165) is 11.1 Å². The Balaban J connectivity index is 2.36. The van der Waals surface area contributed by atoms with Gasteiger partial charge in [-0.15, -0.1) is 0 Å². The van der Waals surface area contributed by atoms with E-state index in [1.165, 1.54) is 14.0 Å². The zero-order valence-electron chi connectivity index (χ0n) is 18.3. The molecular formula is C25H30O5. The molecule has 2 atom stereocenters. The van der Waals surface area contributed by atoms with Crippen LogP contribution in [0.2, 0.25) is 0 Å². The number of methoxy groups -OCH3 is 1. The lowest BCUT2D eigenvalue weighted by molar-refractivity contribution is -0.151. The average molecular weight is 411 g/mol. The van der Waals surface area contributed by atoms with E-state index in [1.54, 1.807) is 24.3 Å². The molecule has 1 unspecified atom stereocenters. The van der Waals surface area contributed by atoms with Crippen molar-refractivity contribution in [1.82, 2.24) is 0 Å². The fourth-order valence-corrected chi connectivity index (χ4v) is 3.50. The van der Waals surface area contributed by atoms with Gasteiger partial charge in [-0.05, 0) is 36.1 Å². The van der Waals surface area contributed by atoms with Crippen molar-refractivity contribution in [2.45, 2.75) is 40.5 Å². The van der Waals surface area contributed by atoms with Crippen molar-refractivity contribution < 1.29 is 23.9 Å². The van der Waals surface area contributed by atoms with Gasteiger partial charge in [0, 0.05) is 18.3 Å². The molecule has 30 heavy (non-hydrogen) atoms. The van der Waals surface area contributed by atoms with E-state index in [9.17, 15) is 14.4 Å². The SMILES string of the molecule is COC(=O)[C@H](Cc1ccc(OC(C)=O)cc1)C(Cc1ccccc1)C(=O)C(C)(C)C. The minimum atomic E-state index is -0.624. The van der Waals surface area contributed by atoms with Crippen molar-refractivity contribution in [2.24, 2.45) is 17.3 Å². The van der Waals surface area contributed by atoms with Gasteiger partial charge in [0.25, 0.3) is 0 Å². The van der Waals surface area contributed by atoms with Crippen LogP contribution in [0, 0.1) is 17.3 Å². The maximum atomic E-state index is 13.3. The largest absolute Gasteiger partial charge is 0.469 e. The summed E-state index contributed by atoms with van der Waals surface area (Å²) in [5.41, 5.74) is 1.27. The van der Waals surface area contributed by atoms with Crippen LogP contribution in [0.25, 0.3) is 0 Å². The third kappa shape index (κ3) is 6.55. The summed E-state index contributed by atoms with van der Waals surface area (Å²) >= 11 is 0. The molecule has 0 radical (unpaired) electrons. The van der Waals surface area contributed by atoms with Gasteiger partial charge in [-0.3, -0.25) is 14.4 Å². The van der Waals surface area contributed by atoms with Crippen LogP contribution in [-0.4, -0.2) is 24.8 Å². The van der Waals surface area contributed by atoms with E-state index in [-0.39, 0.29) is 5.78 Å². The van der Waals surface area contributed by atoms with Gasteiger partial charge in [0.1, 0.15) is 11.5 Å². The summed E-state index contributed by atoms with van der Waals surface area (Å²) in [4.78, 5) is 37.2. The van der Waals surface area contributed by atoms with Gasteiger partial charge >= 0.3 is 11.9 Å². The maximum Gasteiger partial charge on any atom is 0.309 e. The molecule has 0 saturated carbocycles. The number of esters is 2. The van der Waals surface area contributed by atoms with Crippen LogP contribution >= 0.6 is 0 Å². The van der Waals surface area contributed by atoms with Gasteiger partial charge < -0.3 is 9.47 Å². The predicted molar refractivity (Wildman–Crippen MR) is 115 cm³/mol. The van der Waals surface area contributed by atoms with Crippen molar-refractivity contribution in [3.8, 4) is 5.75 Å². The number of carbonyl (C=O) groups excluding carboxylic acids is 3. The molecule has 0 N–H and O–H groups in total. The molecule has 0 bridgehead atoms. The Labute approximate surface area is 178 Å². The molecule has 0 fully saturated rings. The lowest BCUT2D eigenvalue weighted by atomic mass is 9.72. The summed E-state index contributed by atoms with van der Waals surface area (Å²) in [6.07, 6.45) is 0.814. The molecule has 0 aliphatic rings. The van der Waals surface area contributed by atoms with Crippen LogP contribution in [-0.2, 0) is 32.0 Å². The van der Waals surface area contributed by atoms with E-state index >= 15 is 0 Å². The summed E-state index contributed by atoms with van der Waals surface area (Å²) in [6.45, 7) is 6.95. The molecule has 2 rings (SSSR count). The lowest BCUT2D eigenvalue weighted by Gasteiger charge is -2.30. The molecule has 0 heterocycles. The van der Waals surface area contributed by atoms with Gasteiger partial charge in [0.15, 0.2) is 0 Å². The molecule has 160 valence electrons. The quantitative estimate of drug-likeness (QED) is 0.476. The van der Waals surface area contributed by atoms with Gasteiger partial charge in [0.2, 0.25) is 0 Å².